The molecule has 2 heterocycles. The molecule has 2 aromatic carbocycles. The van der Waals surface area contributed by atoms with Crippen LogP contribution in [-0.4, -0.2) is 20.9 Å². The number of hydrogen-bond donors (Lipinski definition) is 0. The number of benzene rings is 2. The number of carbonyl (C=O) groups is 1. The molecule has 0 fully saturated rings. The monoisotopic (exact) mass is 377 g/mol. The molecule has 0 N–H and O–H groups in total. The summed E-state index contributed by atoms with van der Waals surface area (Å²) in [5.74, 6) is -0.283. The molecule has 0 aliphatic carbocycles. The smallest absolute Gasteiger partial charge is 0.342 e. The number of rotatable bonds is 5. The Bertz CT molecular complexity index is 1100. The van der Waals surface area contributed by atoms with Crippen LogP contribution >= 0.6 is 0 Å². The second-order valence-corrected chi connectivity index (χ2v) is 6.18. The number of esters is 1. The average Bonchev–Trinajstić information content (AvgIpc) is 3.34. The molecule has 7 heteroatoms. The van der Waals surface area contributed by atoms with Crippen molar-refractivity contribution in [1.29, 1.82) is 0 Å². The van der Waals surface area contributed by atoms with Crippen molar-refractivity contribution >= 4 is 5.97 Å². The van der Waals surface area contributed by atoms with Crippen LogP contribution in [-0.2, 0) is 11.3 Å². The summed E-state index contributed by atoms with van der Waals surface area (Å²) in [5, 5.41) is 8.33. The van der Waals surface area contributed by atoms with Crippen molar-refractivity contribution in [3.8, 4) is 16.9 Å². The number of hydrogen-bond acceptors (Lipinski definition) is 5. The van der Waals surface area contributed by atoms with Gasteiger partial charge in [-0.15, -0.1) is 0 Å². The first-order chi connectivity index (χ1) is 13.6. The molecule has 0 saturated carbocycles. The van der Waals surface area contributed by atoms with Crippen LogP contribution < -0.4 is 0 Å². The van der Waals surface area contributed by atoms with Crippen LogP contribution in [0.1, 0.15) is 21.8 Å². The van der Waals surface area contributed by atoms with Gasteiger partial charge in [0.25, 0.3) is 0 Å². The molecular formula is C21H16FN3O3. The predicted molar refractivity (Wildman–Crippen MR) is 99.3 cm³/mol. The van der Waals surface area contributed by atoms with E-state index in [0.29, 0.717) is 22.7 Å². The Morgan fingerprint density at radius 3 is 2.57 bits per heavy atom. The fourth-order valence-corrected chi connectivity index (χ4v) is 2.76. The molecule has 0 saturated heterocycles. The molecule has 2 aromatic heterocycles. The lowest BCUT2D eigenvalue weighted by Gasteiger charge is -2.03. The SMILES string of the molecule is Cc1cc(COC(=O)c2cn(-c3ccccc3)nc2-c2ccc(F)cc2)no1. The summed E-state index contributed by atoms with van der Waals surface area (Å²) in [4.78, 5) is 12.7. The zero-order valence-electron chi connectivity index (χ0n) is 15.0. The Hall–Kier alpha value is -3.74. The minimum atomic E-state index is -0.554. The Labute approximate surface area is 160 Å². The van der Waals surface area contributed by atoms with Crippen LogP contribution in [0.25, 0.3) is 16.9 Å². The zero-order chi connectivity index (χ0) is 19.5. The molecule has 6 nitrogen and oxygen atoms in total. The van der Waals surface area contributed by atoms with E-state index in [0.717, 1.165) is 5.69 Å². The lowest BCUT2D eigenvalue weighted by molar-refractivity contribution is 0.0465. The van der Waals surface area contributed by atoms with E-state index in [2.05, 4.69) is 10.3 Å². The van der Waals surface area contributed by atoms with Gasteiger partial charge in [0, 0.05) is 17.8 Å². The third kappa shape index (κ3) is 3.68. The number of para-hydroxylation sites is 1. The Morgan fingerprint density at radius 1 is 1.14 bits per heavy atom. The van der Waals surface area contributed by atoms with Crippen molar-refractivity contribution in [1.82, 2.24) is 14.9 Å². The Morgan fingerprint density at radius 2 is 1.89 bits per heavy atom. The van der Waals surface area contributed by atoms with E-state index in [1.54, 1.807) is 36.0 Å². The molecule has 0 radical (unpaired) electrons. The quantitative estimate of drug-likeness (QED) is 0.484. The molecule has 0 atom stereocenters. The normalized spacial score (nSPS) is 10.8. The van der Waals surface area contributed by atoms with Crippen LogP contribution in [0, 0.1) is 12.7 Å². The summed E-state index contributed by atoms with van der Waals surface area (Å²) >= 11 is 0. The first-order valence-electron chi connectivity index (χ1n) is 8.60. The molecule has 0 spiro atoms. The number of nitrogens with zero attached hydrogens (tertiary/aromatic N) is 3. The van der Waals surface area contributed by atoms with Gasteiger partial charge in [0.05, 0.1) is 5.69 Å². The maximum Gasteiger partial charge on any atom is 0.342 e. The highest BCUT2D eigenvalue weighted by molar-refractivity contribution is 5.96. The van der Waals surface area contributed by atoms with Gasteiger partial charge >= 0.3 is 5.97 Å². The van der Waals surface area contributed by atoms with Crippen LogP contribution in [0.4, 0.5) is 4.39 Å². The zero-order valence-corrected chi connectivity index (χ0v) is 15.0. The van der Waals surface area contributed by atoms with E-state index in [1.807, 2.05) is 30.3 Å². The highest BCUT2D eigenvalue weighted by Crippen LogP contribution is 2.25. The number of halogens is 1. The number of carbonyl (C=O) groups excluding carboxylic acids is 1. The number of ether oxygens (including phenoxy) is 1. The van der Waals surface area contributed by atoms with Crippen molar-refractivity contribution in [3.05, 3.63) is 89.7 Å². The van der Waals surface area contributed by atoms with Crippen LogP contribution in [0.15, 0.2) is 71.4 Å². The standard InChI is InChI=1S/C21H16FN3O3/c1-14-11-17(24-28-14)13-27-21(26)19-12-25(18-5-3-2-4-6-18)23-20(19)15-7-9-16(22)10-8-15/h2-12H,13H2,1H3. The van der Waals surface area contributed by atoms with Gasteiger partial charge in [0.1, 0.15) is 35.1 Å². The lowest BCUT2D eigenvalue weighted by Crippen LogP contribution is -2.06. The molecule has 0 unspecified atom stereocenters. The number of aromatic nitrogens is 3. The molecule has 4 rings (SSSR count). The summed E-state index contributed by atoms with van der Waals surface area (Å²) in [6.45, 7) is 1.74. The highest BCUT2D eigenvalue weighted by atomic mass is 19.1. The maximum atomic E-state index is 13.3. The van der Waals surface area contributed by atoms with Gasteiger partial charge in [-0.3, -0.25) is 0 Å². The third-order valence-electron chi connectivity index (χ3n) is 4.10. The Balaban J connectivity index is 1.68. The summed E-state index contributed by atoms with van der Waals surface area (Å²) in [7, 11) is 0. The molecule has 0 bridgehead atoms. The maximum absolute atomic E-state index is 13.3. The van der Waals surface area contributed by atoms with E-state index < -0.39 is 5.97 Å². The van der Waals surface area contributed by atoms with Gasteiger partial charge in [-0.1, -0.05) is 23.4 Å². The summed E-state index contributed by atoms with van der Waals surface area (Å²) in [6, 6.07) is 16.9. The van der Waals surface area contributed by atoms with Gasteiger partial charge in [-0.25, -0.2) is 13.9 Å². The van der Waals surface area contributed by atoms with Gasteiger partial charge in [-0.05, 0) is 43.3 Å². The first-order valence-corrected chi connectivity index (χ1v) is 8.60. The summed E-state index contributed by atoms with van der Waals surface area (Å²) < 4.78 is 25.3. The molecule has 0 amide bonds. The molecular weight excluding hydrogens is 361 g/mol. The van der Waals surface area contributed by atoms with Gasteiger partial charge in [0.2, 0.25) is 0 Å². The van der Waals surface area contributed by atoms with Crippen molar-refractivity contribution in [2.45, 2.75) is 13.5 Å². The minimum Gasteiger partial charge on any atom is -0.455 e. The van der Waals surface area contributed by atoms with E-state index in [-0.39, 0.29) is 18.0 Å². The van der Waals surface area contributed by atoms with Gasteiger partial charge in [0.15, 0.2) is 0 Å². The van der Waals surface area contributed by atoms with Crippen molar-refractivity contribution in [2.75, 3.05) is 0 Å². The predicted octanol–water partition coefficient (Wildman–Crippen LogP) is 4.33. The topological polar surface area (TPSA) is 70.2 Å². The lowest BCUT2D eigenvalue weighted by atomic mass is 10.1. The Kier molecular flexibility index (Phi) is 4.72. The first kappa shape index (κ1) is 17.7. The van der Waals surface area contributed by atoms with Crippen molar-refractivity contribution < 1.29 is 18.4 Å². The molecule has 28 heavy (non-hydrogen) atoms. The van der Waals surface area contributed by atoms with Crippen molar-refractivity contribution in [3.63, 3.8) is 0 Å². The van der Waals surface area contributed by atoms with E-state index in [9.17, 15) is 9.18 Å². The van der Waals surface area contributed by atoms with Crippen molar-refractivity contribution in [2.24, 2.45) is 0 Å². The molecule has 0 aliphatic rings. The fourth-order valence-electron chi connectivity index (χ4n) is 2.76. The van der Waals surface area contributed by atoms with Gasteiger partial charge < -0.3 is 9.26 Å². The minimum absolute atomic E-state index is 0.0183. The third-order valence-corrected chi connectivity index (χ3v) is 4.10. The summed E-state index contributed by atoms with van der Waals surface area (Å²) in [5.41, 5.74) is 2.60. The summed E-state index contributed by atoms with van der Waals surface area (Å²) in [6.07, 6.45) is 1.60. The van der Waals surface area contributed by atoms with E-state index >= 15 is 0 Å². The van der Waals surface area contributed by atoms with E-state index in [1.165, 1.54) is 12.1 Å². The van der Waals surface area contributed by atoms with Crippen LogP contribution in [0.3, 0.4) is 0 Å². The number of aryl methyl sites for hydroxylation is 1. The average molecular weight is 377 g/mol. The molecule has 140 valence electrons. The fraction of sp³-hybridized carbons (Fsp3) is 0.0952. The second-order valence-electron chi connectivity index (χ2n) is 6.18. The van der Waals surface area contributed by atoms with Gasteiger partial charge in [-0.2, -0.15) is 5.10 Å². The largest absolute Gasteiger partial charge is 0.455 e. The van der Waals surface area contributed by atoms with E-state index in [4.69, 9.17) is 9.26 Å². The van der Waals surface area contributed by atoms with Crippen LogP contribution in [0.5, 0.6) is 0 Å². The molecule has 4 aromatic rings. The second kappa shape index (κ2) is 7.48. The molecule has 0 aliphatic heterocycles. The van der Waals surface area contributed by atoms with Crippen LogP contribution in [0.2, 0.25) is 0 Å². The highest BCUT2D eigenvalue weighted by Gasteiger charge is 2.20.